The summed E-state index contributed by atoms with van der Waals surface area (Å²) in [7, 11) is 0. The van der Waals surface area contributed by atoms with E-state index in [2.05, 4.69) is 38.8 Å². The first-order valence-corrected chi connectivity index (χ1v) is 15.0. The molecule has 3 fully saturated rings. The summed E-state index contributed by atoms with van der Waals surface area (Å²) in [5, 5.41) is 17.3. The first-order valence-electron chi connectivity index (χ1n) is 15.0. The Balaban J connectivity index is 1.47. The van der Waals surface area contributed by atoms with Crippen LogP contribution in [0.25, 0.3) is 22.8 Å². The van der Waals surface area contributed by atoms with Gasteiger partial charge in [0.25, 0.3) is 0 Å². The molecule has 3 atom stereocenters. The number of imidazole rings is 1. The number of amides is 1. The number of hydrogen-bond acceptors (Lipinski definition) is 9. The fourth-order valence-electron chi connectivity index (χ4n) is 6.66. The third-order valence-corrected chi connectivity index (χ3v) is 9.52. The largest absolute Gasteiger partial charge is 0.465 e. The number of carboxylic acid groups (broad SMARTS) is 1. The predicted octanol–water partition coefficient (Wildman–Crippen LogP) is 4.17. The number of H-pyrrole nitrogens is 1. The van der Waals surface area contributed by atoms with Crippen molar-refractivity contribution in [3.63, 3.8) is 0 Å². The van der Waals surface area contributed by atoms with Gasteiger partial charge in [-0.3, -0.25) is 9.51 Å². The minimum atomic E-state index is -0.901. The molecule has 3 aliphatic rings. The van der Waals surface area contributed by atoms with Crippen molar-refractivity contribution in [1.29, 1.82) is 0 Å². The van der Waals surface area contributed by atoms with Crippen molar-refractivity contribution in [2.75, 3.05) is 23.3 Å². The van der Waals surface area contributed by atoms with Gasteiger partial charge < -0.3 is 24.8 Å². The molecule has 13 heteroatoms. The third-order valence-electron chi connectivity index (χ3n) is 9.52. The van der Waals surface area contributed by atoms with Crippen LogP contribution in [0.15, 0.2) is 9.32 Å². The van der Waals surface area contributed by atoms with Gasteiger partial charge in [0.2, 0.25) is 17.6 Å². The van der Waals surface area contributed by atoms with Crippen LogP contribution < -0.4 is 16.0 Å². The molecule has 1 saturated heterocycles. The second kappa shape index (κ2) is 11.0. The summed E-state index contributed by atoms with van der Waals surface area (Å²) in [4.78, 5) is 44.7. The standard InChI is InChI=1S/C28H41N9O4/c1-15-8-10-19(11-9-15)14-37-21-22(29-18(4)20-6-5-7-20)30-24(25-33-27(38)41-34-25)31-23(21)32-26(37)35-12-17(3)36(28(39)40)13-16(35)2/h15-20H,5-14H2,1-4H3,(H,39,40)(H,29,30,31)(H,33,34,38)/t15-,16-,17+,18-,19-/m1/s1. The number of nitrogens with zero attached hydrogens (tertiary/aromatic N) is 7. The minimum Gasteiger partial charge on any atom is -0.465 e. The Labute approximate surface area is 238 Å². The average molecular weight is 568 g/mol. The van der Waals surface area contributed by atoms with Gasteiger partial charge in [0, 0.05) is 37.8 Å². The second-order valence-corrected chi connectivity index (χ2v) is 12.6. The molecule has 1 amide bonds. The monoisotopic (exact) mass is 567 g/mol. The van der Waals surface area contributed by atoms with Crippen molar-refractivity contribution in [2.24, 2.45) is 17.8 Å². The Bertz CT molecular complexity index is 1450. The van der Waals surface area contributed by atoms with E-state index in [1.807, 2.05) is 13.8 Å². The Morgan fingerprint density at radius 3 is 2.46 bits per heavy atom. The lowest BCUT2D eigenvalue weighted by molar-refractivity contribution is 0.114. The Hall–Kier alpha value is -3.64. The Morgan fingerprint density at radius 2 is 1.83 bits per heavy atom. The van der Waals surface area contributed by atoms with Gasteiger partial charge in [-0.25, -0.2) is 19.6 Å². The molecular weight excluding hydrogens is 526 g/mol. The highest BCUT2D eigenvalue weighted by molar-refractivity contribution is 5.87. The molecule has 222 valence electrons. The molecule has 0 bridgehead atoms. The van der Waals surface area contributed by atoms with E-state index in [4.69, 9.17) is 19.5 Å². The number of aromatic amines is 1. The van der Waals surface area contributed by atoms with E-state index < -0.39 is 11.8 Å². The highest BCUT2D eigenvalue weighted by Gasteiger charge is 2.36. The molecule has 2 aliphatic carbocycles. The van der Waals surface area contributed by atoms with Gasteiger partial charge in [-0.1, -0.05) is 31.3 Å². The zero-order valence-corrected chi connectivity index (χ0v) is 24.3. The van der Waals surface area contributed by atoms with Crippen LogP contribution in [0.4, 0.5) is 16.6 Å². The summed E-state index contributed by atoms with van der Waals surface area (Å²) in [6, 6.07) is -0.0640. The van der Waals surface area contributed by atoms with Crippen LogP contribution in [-0.2, 0) is 6.54 Å². The number of anilines is 2. The van der Waals surface area contributed by atoms with Crippen molar-refractivity contribution in [2.45, 2.75) is 97.3 Å². The van der Waals surface area contributed by atoms with E-state index in [1.165, 1.54) is 37.0 Å². The molecule has 0 aromatic carbocycles. The Kier molecular flexibility index (Phi) is 7.37. The normalized spacial score (nSPS) is 26.2. The number of hydrogen-bond donors (Lipinski definition) is 3. The van der Waals surface area contributed by atoms with Crippen LogP contribution in [0.1, 0.15) is 72.6 Å². The maximum Gasteiger partial charge on any atom is 0.439 e. The maximum atomic E-state index is 11.9. The first-order chi connectivity index (χ1) is 19.7. The molecular formula is C28H41N9O4. The van der Waals surface area contributed by atoms with Gasteiger partial charge in [-0.05, 0) is 64.2 Å². The highest BCUT2D eigenvalue weighted by Crippen LogP contribution is 2.37. The smallest absolute Gasteiger partial charge is 0.439 e. The number of rotatable bonds is 7. The molecule has 3 N–H and O–H groups in total. The molecule has 6 rings (SSSR count). The number of aromatic nitrogens is 6. The average Bonchev–Trinajstić information content (AvgIpc) is 3.49. The topological polar surface area (TPSA) is 158 Å². The van der Waals surface area contributed by atoms with Crippen molar-refractivity contribution >= 4 is 29.0 Å². The van der Waals surface area contributed by atoms with Crippen molar-refractivity contribution in [3.8, 4) is 11.6 Å². The number of nitrogens with one attached hydrogen (secondary N) is 2. The van der Waals surface area contributed by atoms with Crippen LogP contribution in [0.5, 0.6) is 0 Å². The van der Waals surface area contributed by atoms with Gasteiger partial charge in [0.05, 0.1) is 0 Å². The van der Waals surface area contributed by atoms with Crippen molar-refractivity contribution < 1.29 is 14.4 Å². The molecule has 0 unspecified atom stereocenters. The molecule has 0 spiro atoms. The zero-order chi connectivity index (χ0) is 28.8. The van der Waals surface area contributed by atoms with Crippen LogP contribution in [0, 0.1) is 17.8 Å². The van der Waals surface area contributed by atoms with Gasteiger partial charge in [-0.15, -0.1) is 0 Å². The summed E-state index contributed by atoms with van der Waals surface area (Å²) in [5.74, 6) is 2.99. The summed E-state index contributed by atoms with van der Waals surface area (Å²) >= 11 is 0. The molecule has 13 nitrogen and oxygen atoms in total. The number of piperazine rings is 1. The van der Waals surface area contributed by atoms with E-state index in [0.29, 0.717) is 36.4 Å². The Morgan fingerprint density at radius 1 is 1.07 bits per heavy atom. The van der Waals surface area contributed by atoms with Gasteiger partial charge in [0.15, 0.2) is 11.5 Å². The highest BCUT2D eigenvalue weighted by atomic mass is 16.5. The lowest BCUT2D eigenvalue weighted by Crippen LogP contribution is -2.58. The molecule has 1 aliphatic heterocycles. The maximum absolute atomic E-state index is 11.9. The van der Waals surface area contributed by atoms with Crippen LogP contribution in [-0.4, -0.2) is 77.0 Å². The molecule has 4 heterocycles. The van der Waals surface area contributed by atoms with E-state index in [0.717, 1.165) is 36.8 Å². The molecule has 41 heavy (non-hydrogen) atoms. The van der Waals surface area contributed by atoms with Gasteiger partial charge >= 0.3 is 11.8 Å². The fourth-order valence-corrected chi connectivity index (χ4v) is 6.66. The van der Waals surface area contributed by atoms with E-state index in [-0.39, 0.29) is 29.8 Å². The zero-order valence-electron chi connectivity index (χ0n) is 24.3. The lowest BCUT2D eigenvalue weighted by Gasteiger charge is -2.43. The van der Waals surface area contributed by atoms with Crippen LogP contribution in [0.2, 0.25) is 0 Å². The summed E-state index contributed by atoms with van der Waals surface area (Å²) < 4.78 is 7.02. The van der Waals surface area contributed by atoms with E-state index in [9.17, 15) is 14.7 Å². The van der Waals surface area contributed by atoms with Crippen molar-refractivity contribution in [1.82, 2.24) is 34.6 Å². The van der Waals surface area contributed by atoms with Crippen LogP contribution in [0.3, 0.4) is 0 Å². The van der Waals surface area contributed by atoms with Gasteiger partial charge in [-0.2, -0.15) is 4.98 Å². The number of carbonyl (C=O) groups is 1. The molecule has 3 aromatic heterocycles. The summed E-state index contributed by atoms with van der Waals surface area (Å²) in [6.45, 7) is 10.2. The molecule has 0 radical (unpaired) electrons. The predicted molar refractivity (Wildman–Crippen MR) is 154 cm³/mol. The van der Waals surface area contributed by atoms with Crippen molar-refractivity contribution in [3.05, 3.63) is 10.6 Å². The van der Waals surface area contributed by atoms with E-state index in [1.54, 1.807) is 0 Å². The third kappa shape index (κ3) is 5.38. The minimum absolute atomic E-state index is 0.0751. The van der Waals surface area contributed by atoms with Crippen LogP contribution >= 0.6 is 0 Å². The number of fused-ring (bicyclic) bond motifs is 1. The summed E-state index contributed by atoms with van der Waals surface area (Å²) in [6.07, 6.45) is 7.42. The molecule has 2 saturated carbocycles. The molecule has 3 aromatic rings. The van der Waals surface area contributed by atoms with Gasteiger partial charge in [0.1, 0.15) is 5.52 Å². The van der Waals surface area contributed by atoms with E-state index >= 15 is 0 Å². The lowest BCUT2D eigenvalue weighted by atomic mass is 9.80. The summed E-state index contributed by atoms with van der Waals surface area (Å²) in [5.41, 5.74) is 1.35. The SMILES string of the molecule is C[C@@H]1CN(C(=O)O)[C@@H](C)CN1c1nc2nc(-c3noc(=O)[nH]3)nc(N[C@H](C)C3CCC3)c2n1C[C@H]1CC[C@H](C)CC1. The first kappa shape index (κ1) is 27.5. The second-order valence-electron chi connectivity index (χ2n) is 12.6. The quantitative estimate of drug-likeness (QED) is 0.378. The fraction of sp³-hybridized carbons (Fsp3) is 0.714.